The average molecular weight is 302 g/mol. The Bertz CT molecular complexity index is 398. The molecule has 0 amide bonds. The quantitative estimate of drug-likeness (QED) is 0.734. The van der Waals surface area contributed by atoms with Crippen molar-refractivity contribution in [2.45, 2.75) is 32.1 Å². The molecule has 0 saturated heterocycles. The summed E-state index contributed by atoms with van der Waals surface area (Å²) < 4.78 is 10.6. The molecule has 2 N–H and O–H groups in total. The lowest BCUT2D eigenvalue weighted by molar-refractivity contribution is 0.0222. The minimum atomic E-state index is -0.561. The molecule has 0 saturated carbocycles. The number of hydrogen-bond donors (Lipinski definition) is 2. The first kappa shape index (κ1) is 17.4. The molecule has 0 radical (unpaired) electrons. The van der Waals surface area contributed by atoms with Crippen LogP contribution in [-0.4, -0.2) is 43.6 Å². The van der Waals surface area contributed by atoms with Crippen LogP contribution in [0.4, 0.5) is 0 Å². The summed E-state index contributed by atoms with van der Waals surface area (Å²) in [4.78, 5) is 0. The third-order valence-corrected chi connectivity index (χ3v) is 3.22. The van der Waals surface area contributed by atoms with Gasteiger partial charge in [0.1, 0.15) is 0 Å². The predicted octanol–water partition coefficient (Wildman–Crippen LogP) is 2.23. The maximum atomic E-state index is 9.87. The monoisotopic (exact) mass is 301 g/mol. The Morgan fingerprint density at radius 1 is 1.35 bits per heavy atom. The lowest BCUT2D eigenvalue weighted by Gasteiger charge is -2.26. The molecule has 0 aromatic heterocycles. The largest absolute Gasteiger partial charge is 0.389 e. The van der Waals surface area contributed by atoms with Crippen LogP contribution in [0.5, 0.6) is 0 Å². The van der Waals surface area contributed by atoms with Crippen molar-refractivity contribution in [2.24, 2.45) is 0 Å². The summed E-state index contributed by atoms with van der Waals surface area (Å²) in [7, 11) is 1.66. The summed E-state index contributed by atoms with van der Waals surface area (Å²) in [6.45, 7) is 5.75. The summed E-state index contributed by atoms with van der Waals surface area (Å²) in [5.74, 6) is 0. The number of aliphatic hydroxyl groups excluding tert-OH is 1. The lowest BCUT2D eigenvalue weighted by Crippen LogP contribution is -2.47. The second-order valence-corrected chi connectivity index (χ2v) is 5.87. The van der Waals surface area contributed by atoms with Gasteiger partial charge in [0.15, 0.2) is 0 Å². The smallest absolute Gasteiger partial charge is 0.0898 e. The molecule has 0 fully saturated rings. The fourth-order valence-corrected chi connectivity index (χ4v) is 1.98. The van der Waals surface area contributed by atoms with Crippen LogP contribution in [0.15, 0.2) is 24.3 Å². The molecular weight excluding hydrogens is 278 g/mol. The molecule has 1 rings (SSSR count). The maximum Gasteiger partial charge on any atom is 0.0898 e. The van der Waals surface area contributed by atoms with Crippen molar-refractivity contribution in [2.75, 3.05) is 26.9 Å². The van der Waals surface area contributed by atoms with Crippen molar-refractivity contribution in [3.05, 3.63) is 34.9 Å². The van der Waals surface area contributed by atoms with Crippen LogP contribution in [-0.2, 0) is 16.1 Å². The van der Waals surface area contributed by atoms with Crippen molar-refractivity contribution in [3.63, 3.8) is 0 Å². The van der Waals surface area contributed by atoms with Gasteiger partial charge in [-0.15, -0.1) is 0 Å². The van der Waals surface area contributed by atoms with Gasteiger partial charge >= 0.3 is 0 Å². The minimum absolute atomic E-state index is 0.168. The van der Waals surface area contributed by atoms with Gasteiger partial charge in [0.05, 0.1) is 25.9 Å². The summed E-state index contributed by atoms with van der Waals surface area (Å²) in [5.41, 5.74) is 0.757. The molecule has 5 heteroatoms. The highest BCUT2D eigenvalue weighted by molar-refractivity contribution is 6.31. The molecule has 0 heterocycles. The Balaban J connectivity index is 2.24. The van der Waals surface area contributed by atoms with E-state index in [1.54, 1.807) is 7.11 Å². The van der Waals surface area contributed by atoms with Gasteiger partial charge in [-0.05, 0) is 25.5 Å². The maximum absolute atomic E-state index is 9.87. The number of nitrogens with one attached hydrogen (secondary N) is 1. The van der Waals surface area contributed by atoms with Crippen LogP contribution in [0, 0.1) is 0 Å². The van der Waals surface area contributed by atoms with Crippen LogP contribution in [0.25, 0.3) is 0 Å². The van der Waals surface area contributed by atoms with E-state index in [0.29, 0.717) is 24.8 Å². The first-order valence-electron chi connectivity index (χ1n) is 6.68. The van der Waals surface area contributed by atoms with Crippen molar-refractivity contribution in [1.82, 2.24) is 5.32 Å². The predicted molar refractivity (Wildman–Crippen MR) is 81.1 cm³/mol. The lowest BCUT2D eigenvalue weighted by atomic mass is 10.1. The fraction of sp³-hybridized carbons (Fsp3) is 0.600. The summed E-state index contributed by atoms with van der Waals surface area (Å²) in [6.07, 6.45) is -0.561. The van der Waals surface area contributed by atoms with Gasteiger partial charge < -0.3 is 19.9 Å². The van der Waals surface area contributed by atoms with Gasteiger partial charge in [-0.3, -0.25) is 0 Å². The van der Waals surface area contributed by atoms with Gasteiger partial charge in [0.25, 0.3) is 0 Å². The SMILES string of the molecule is COCC(C)(C)NCC(O)COCc1ccccc1Cl. The standard InChI is InChI=1S/C15H24ClNO3/c1-15(2,11-19-3)17-8-13(18)10-20-9-12-6-4-5-7-14(12)16/h4-7,13,17-18H,8-11H2,1-3H3. The number of β-amino-alcohol motifs (C(OH)–C–C–N with tert-alkyl or cyclic N) is 1. The molecule has 0 bridgehead atoms. The topological polar surface area (TPSA) is 50.7 Å². The van der Waals surface area contributed by atoms with E-state index < -0.39 is 6.10 Å². The van der Waals surface area contributed by atoms with Gasteiger partial charge in [0, 0.05) is 24.2 Å². The van der Waals surface area contributed by atoms with Crippen molar-refractivity contribution >= 4 is 11.6 Å². The Morgan fingerprint density at radius 3 is 2.70 bits per heavy atom. The zero-order valence-corrected chi connectivity index (χ0v) is 13.1. The van der Waals surface area contributed by atoms with Gasteiger partial charge in [-0.1, -0.05) is 29.8 Å². The second-order valence-electron chi connectivity index (χ2n) is 5.46. The first-order valence-corrected chi connectivity index (χ1v) is 7.05. The summed E-state index contributed by atoms with van der Waals surface area (Å²) >= 11 is 6.03. The van der Waals surface area contributed by atoms with E-state index >= 15 is 0 Å². The zero-order valence-electron chi connectivity index (χ0n) is 12.4. The first-order chi connectivity index (χ1) is 9.44. The molecule has 1 atom stereocenters. The molecular formula is C15H24ClNO3. The number of benzene rings is 1. The third kappa shape index (κ3) is 6.68. The molecule has 0 aliphatic carbocycles. The van der Waals surface area contributed by atoms with Crippen molar-refractivity contribution < 1.29 is 14.6 Å². The average Bonchev–Trinajstić information content (AvgIpc) is 2.39. The Hall–Kier alpha value is -0.650. The highest BCUT2D eigenvalue weighted by Crippen LogP contribution is 2.15. The number of methoxy groups -OCH3 is 1. The van der Waals surface area contributed by atoms with Gasteiger partial charge in [-0.25, -0.2) is 0 Å². The van der Waals surface area contributed by atoms with E-state index in [2.05, 4.69) is 5.32 Å². The molecule has 20 heavy (non-hydrogen) atoms. The molecule has 4 nitrogen and oxygen atoms in total. The van der Waals surface area contributed by atoms with Gasteiger partial charge in [-0.2, -0.15) is 0 Å². The number of ether oxygens (including phenoxy) is 2. The molecule has 0 aliphatic heterocycles. The normalized spacial score (nSPS) is 13.4. The highest BCUT2D eigenvalue weighted by Gasteiger charge is 2.18. The minimum Gasteiger partial charge on any atom is -0.389 e. The summed E-state index contributed by atoms with van der Waals surface area (Å²) in [6, 6.07) is 7.53. The Kier molecular flexibility index (Phi) is 7.48. The third-order valence-electron chi connectivity index (χ3n) is 2.85. The molecule has 1 unspecified atom stereocenters. The summed E-state index contributed by atoms with van der Waals surface area (Å²) in [5, 5.41) is 13.8. The van der Waals surface area contributed by atoms with Crippen molar-refractivity contribution in [3.8, 4) is 0 Å². The van der Waals surface area contributed by atoms with E-state index in [0.717, 1.165) is 5.56 Å². The second kappa shape index (κ2) is 8.60. The van der Waals surface area contributed by atoms with Gasteiger partial charge in [0.2, 0.25) is 0 Å². The van der Waals surface area contributed by atoms with E-state index in [1.807, 2.05) is 38.1 Å². The Morgan fingerprint density at radius 2 is 2.05 bits per heavy atom. The molecule has 1 aromatic carbocycles. The van der Waals surface area contributed by atoms with Crippen LogP contribution >= 0.6 is 11.6 Å². The van der Waals surface area contributed by atoms with E-state index in [-0.39, 0.29) is 12.1 Å². The van der Waals surface area contributed by atoms with Crippen LogP contribution < -0.4 is 5.32 Å². The van der Waals surface area contributed by atoms with Crippen molar-refractivity contribution in [1.29, 1.82) is 0 Å². The van der Waals surface area contributed by atoms with E-state index in [1.165, 1.54) is 0 Å². The Labute approximate surface area is 126 Å². The van der Waals surface area contributed by atoms with Crippen LogP contribution in [0.2, 0.25) is 5.02 Å². The zero-order chi connectivity index (χ0) is 15.0. The van der Waals surface area contributed by atoms with Crippen LogP contribution in [0.1, 0.15) is 19.4 Å². The van der Waals surface area contributed by atoms with E-state index in [9.17, 15) is 5.11 Å². The van der Waals surface area contributed by atoms with Crippen LogP contribution in [0.3, 0.4) is 0 Å². The number of aliphatic hydroxyl groups is 1. The van der Waals surface area contributed by atoms with E-state index in [4.69, 9.17) is 21.1 Å². The number of rotatable bonds is 9. The molecule has 0 spiro atoms. The fourth-order valence-electron chi connectivity index (χ4n) is 1.79. The number of halogens is 1. The molecule has 0 aliphatic rings. The highest BCUT2D eigenvalue weighted by atomic mass is 35.5. The molecule has 114 valence electrons. The molecule has 1 aromatic rings. The number of hydrogen-bond acceptors (Lipinski definition) is 4.